The van der Waals surface area contributed by atoms with Gasteiger partial charge in [-0.15, -0.1) is 10.2 Å². The summed E-state index contributed by atoms with van der Waals surface area (Å²) in [5.41, 5.74) is 0.386. The molecule has 1 saturated carbocycles. The van der Waals surface area contributed by atoms with Gasteiger partial charge in [0.1, 0.15) is 5.82 Å². The van der Waals surface area contributed by atoms with E-state index in [-0.39, 0.29) is 16.6 Å². The molecule has 1 amide bonds. The summed E-state index contributed by atoms with van der Waals surface area (Å²) in [5, 5.41) is 16.9. The number of aryl methyl sites for hydroxylation is 1. The van der Waals surface area contributed by atoms with Crippen LogP contribution >= 0.6 is 11.8 Å². The minimum absolute atomic E-state index is 0.0411. The number of anilines is 1. The zero-order valence-corrected chi connectivity index (χ0v) is 16.7. The number of sulfonamides is 1. The molecule has 3 rings (SSSR count). The SMILES string of the molecule is Cc1nnc(SCC(=O)Nc2cccc(S(N)(=O)=O)c2)n1C1CCCCC1. The molecule has 0 spiro atoms. The molecule has 0 radical (unpaired) electrons. The van der Waals surface area contributed by atoms with E-state index in [0.717, 1.165) is 23.8 Å². The van der Waals surface area contributed by atoms with Crippen molar-refractivity contribution in [1.82, 2.24) is 14.8 Å². The predicted octanol–water partition coefficient (Wildman–Crippen LogP) is 2.47. The molecular weight excluding hydrogens is 386 g/mol. The van der Waals surface area contributed by atoms with E-state index in [4.69, 9.17) is 5.14 Å². The van der Waals surface area contributed by atoms with Crippen molar-refractivity contribution in [3.05, 3.63) is 30.1 Å². The Bertz CT molecular complexity index is 920. The molecule has 1 heterocycles. The van der Waals surface area contributed by atoms with Crippen molar-refractivity contribution >= 4 is 33.4 Å². The van der Waals surface area contributed by atoms with Crippen LogP contribution in [0.3, 0.4) is 0 Å². The summed E-state index contributed by atoms with van der Waals surface area (Å²) in [4.78, 5) is 12.2. The summed E-state index contributed by atoms with van der Waals surface area (Å²) in [7, 11) is -3.81. The van der Waals surface area contributed by atoms with Gasteiger partial charge in [0, 0.05) is 11.7 Å². The van der Waals surface area contributed by atoms with Crippen LogP contribution in [0, 0.1) is 6.92 Å². The number of nitrogens with two attached hydrogens (primary N) is 1. The van der Waals surface area contributed by atoms with Crippen LogP contribution in [0.2, 0.25) is 0 Å². The fraction of sp³-hybridized carbons (Fsp3) is 0.471. The summed E-state index contributed by atoms with van der Waals surface area (Å²) < 4.78 is 25.0. The smallest absolute Gasteiger partial charge is 0.238 e. The number of rotatable bonds is 6. The second kappa shape index (κ2) is 8.41. The van der Waals surface area contributed by atoms with Gasteiger partial charge >= 0.3 is 0 Å². The van der Waals surface area contributed by atoms with Gasteiger partial charge in [-0.3, -0.25) is 4.79 Å². The highest BCUT2D eigenvalue weighted by molar-refractivity contribution is 7.99. The van der Waals surface area contributed by atoms with Crippen molar-refractivity contribution in [2.45, 2.75) is 55.1 Å². The van der Waals surface area contributed by atoms with E-state index in [1.807, 2.05) is 6.92 Å². The van der Waals surface area contributed by atoms with Gasteiger partial charge in [0.2, 0.25) is 15.9 Å². The first-order valence-electron chi connectivity index (χ1n) is 8.81. The standard InChI is InChI=1S/C17H23N5O3S2/c1-12-20-21-17(22(12)14-7-3-2-4-8-14)26-11-16(23)19-13-6-5-9-15(10-13)27(18,24)25/h5-6,9-10,14H,2-4,7-8,11H2,1H3,(H,19,23)(H2,18,24,25). The first-order valence-corrected chi connectivity index (χ1v) is 11.3. The van der Waals surface area contributed by atoms with E-state index >= 15 is 0 Å². The number of primary sulfonamides is 1. The number of amides is 1. The predicted molar refractivity (Wildman–Crippen MR) is 104 cm³/mol. The molecule has 2 aromatic rings. The molecule has 10 heteroatoms. The van der Waals surface area contributed by atoms with Gasteiger partial charge in [-0.05, 0) is 38.0 Å². The molecule has 0 atom stereocenters. The van der Waals surface area contributed by atoms with Crippen LogP contribution in [-0.4, -0.2) is 34.8 Å². The van der Waals surface area contributed by atoms with Crippen LogP contribution in [-0.2, 0) is 14.8 Å². The second-order valence-corrected chi connectivity index (χ2v) is 9.11. The average molecular weight is 410 g/mol. The Morgan fingerprint density at radius 3 is 2.74 bits per heavy atom. The molecule has 3 N–H and O–H groups in total. The normalized spacial score (nSPS) is 15.6. The number of carbonyl (C=O) groups excluding carboxylic acids is 1. The maximum Gasteiger partial charge on any atom is 0.238 e. The molecule has 0 bridgehead atoms. The lowest BCUT2D eigenvalue weighted by Crippen LogP contribution is -2.18. The van der Waals surface area contributed by atoms with Crippen molar-refractivity contribution < 1.29 is 13.2 Å². The molecule has 1 aromatic carbocycles. The van der Waals surface area contributed by atoms with Crippen LogP contribution < -0.4 is 10.5 Å². The van der Waals surface area contributed by atoms with Crippen molar-refractivity contribution in [2.75, 3.05) is 11.1 Å². The Hall–Kier alpha value is -1.91. The zero-order chi connectivity index (χ0) is 19.4. The highest BCUT2D eigenvalue weighted by atomic mass is 32.2. The molecule has 27 heavy (non-hydrogen) atoms. The lowest BCUT2D eigenvalue weighted by molar-refractivity contribution is -0.113. The largest absolute Gasteiger partial charge is 0.325 e. The minimum atomic E-state index is -3.81. The number of nitrogens with zero attached hydrogens (tertiary/aromatic N) is 3. The number of hydrogen-bond acceptors (Lipinski definition) is 6. The molecule has 1 aliphatic rings. The first kappa shape index (κ1) is 19.8. The average Bonchev–Trinajstić information content (AvgIpc) is 3.01. The monoisotopic (exact) mass is 409 g/mol. The molecular formula is C17H23N5O3S2. The molecule has 0 unspecified atom stereocenters. The summed E-state index contributed by atoms with van der Waals surface area (Å²) in [5.74, 6) is 0.776. The van der Waals surface area contributed by atoms with Crippen LogP contribution in [0.25, 0.3) is 0 Å². The summed E-state index contributed by atoms with van der Waals surface area (Å²) in [6.07, 6.45) is 5.89. The maximum atomic E-state index is 12.3. The molecule has 0 aliphatic heterocycles. The third-order valence-electron chi connectivity index (χ3n) is 4.55. The van der Waals surface area contributed by atoms with Gasteiger partial charge < -0.3 is 9.88 Å². The number of nitrogens with one attached hydrogen (secondary N) is 1. The molecule has 146 valence electrons. The number of carbonyl (C=O) groups is 1. The van der Waals surface area contributed by atoms with Gasteiger partial charge in [-0.25, -0.2) is 13.6 Å². The van der Waals surface area contributed by atoms with Crippen molar-refractivity contribution in [1.29, 1.82) is 0 Å². The number of hydrogen-bond donors (Lipinski definition) is 2. The zero-order valence-electron chi connectivity index (χ0n) is 15.1. The summed E-state index contributed by atoms with van der Waals surface area (Å²) in [6.45, 7) is 1.94. The van der Waals surface area contributed by atoms with Crippen LogP contribution in [0.15, 0.2) is 34.3 Å². The van der Waals surface area contributed by atoms with Crippen LogP contribution in [0.5, 0.6) is 0 Å². The van der Waals surface area contributed by atoms with E-state index in [0.29, 0.717) is 11.7 Å². The third kappa shape index (κ3) is 5.08. The molecule has 1 aromatic heterocycles. The fourth-order valence-electron chi connectivity index (χ4n) is 3.29. The van der Waals surface area contributed by atoms with Crippen LogP contribution in [0.1, 0.15) is 44.0 Å². The summed E-state index contributed by atoms with van der Waals surface area (Å²) in [6, 6.07) is 6.27. The lowest BCUT2D eigenvalue weighted by Gasteiger charge is -2.24. The van der Waals surface area contributed by atoms with Crippen LogP contribution in [0.4, 0.5) is 5.69 Å². The quantitative estimate of drug-likeness (QED) is 0.707. The van der Waals surface area contributed by atoms with Crippen molar-refractivity contribution in [3.8, 4) is 0 Å². The summed E-state index contributed by atoms with van der Waals surface area (Å²) >= 11 is 1.33. The highest BCUT2D eigenvalue weighted by Crippen LogP contribution is 2.32. The molecule has 1 aliphatic carbocycles. The van der Waals surface area contributed by atoms with Gasteiger partial charge in [0.05, 0.1) is 10.6 Å². The highest BCUT2D eigenvalue weighted by Gasteiger charge is 2.21. The number of benzene rings is 1. The van der Waals surface area contributed by atoms with E-state index in [1.54, 1.807) is 6.07 Å². The van der Waals surface area contributed by atoms with Gasteiger partial charge in [-0.2, -0.15) is 0 Å². The molecule has 8 nitrogen and oxygen atoms in total. The van der Waals surface area contributed by atoms with Crippen molar-refractivity contribution in [3.63, 3.8) is 0 Å². The number of aromatic nitrogens is 3. The maximum absolute atomic E-state index is 12.3. The van der Waals surface area contributed by atoms with E-state index in [2.05, 4.69) is 20.1 Å². The third-order valence-corrected chi connectivity index (χ3v) is 6.41. The Balaban J connectivity index is 1.63. The Kier molecular flexibility index (Phi) is 6.18. The van der Waals surface area contributed by atoms with Gasteiger partial charge in [-0.1, -0.05) is 37.1 Å². The fourth-order valence-corrected chi connectivity index (χ4v) is 4.70. The van der Waals surface area contributed by atoms with E-state index in [1.165, 1.54) is 49.2 Å². The van der Waals surface area contributed by atoms with E-state index in [9.17, 15) is 13.2 Å². The molecule has 0 saturated heterocycles. The molecule has 1 fully saturated rings. The Morgan fingerprint density at radius 1 is 1.30 bits per heavy atom. The topological polar surface area (TPSA) is 120 Å². The van der Waals surface area contributed by atoms with Gasteiger partial charge in [0.15, 0.2) is 5.16 Å². The second-order valence-electron chi connectivity index (χ2n) is 6.60. The first-order chi connectivity index (χ1) is 12.8. The lowest BCUT2D eigenvalue weighted by atomic mass is 9.95. The van der Waals surface area contributed by atoms with E-state index < -0.39 is 10.0 Å². The van der Waals surface area contributed by atoms with Crippen molar-refractivity contribution in [2.24, 2.45) is 5.14 Å². The number of thioether (sulfide) groups is 1. The van der Waals surface area contributed by atoms with Gasteiger partial charge in [0.25, 0.3) is 0 Å². The Labute approximate surface area is 163 Å². The Morgan fingerprint density at radius 2 is 2.04 bits per heavy atom. The minimum Gasteiger partial charge on any atom is -0.325 e.